The molecule has 0 saturated carbocycles. The van der Waals surface area contributed by atoms with Crippen LogP contribution in [0, 0.1) is 0 Å². The Bertz CT molecular complexity index is 271. The van der Waals surface area contributed by atoms with E-state index in [1.807, 2.05) is 6.92 Å². The molecule has 2 aliphatic heterocycles. The van der Waals surface area contributed by atoms with Gasteiger partial charge in [0.1, 0.15) is 5.54 Å². The fourth-order valence-electron chi connectivity index (χ4n) is 2.16. The summed E-state index contributed by atoms with van der Waals surface area (Å²) < 4.78 is 0. The average molecular weight is 197 g/mol. The predicted octanol–water partition coefficient (Wildman–Crippen LogP) is -0.320. The largest absolute Gasteiger partial charge is 0.325 e. The van der Waals surface area contributed by atoms with Gasteiger partial charge >= 0.3 is 6.03 Å². The minimum atomic E-state index is -0.647. The fraction of sp³-hybridized carbons (Fsp3) is 0.778. The van der Waals surface area contributed by atoms with Crippen molar-refractivity contribution in [1.82, 2.24) is 15.5 Å². The number of rotatable bonds is 1. The van der Waals surface area contributed by atoms with Crippen LogP contribution in [0.15, 0.2) is 0 Å². The molecule has 3 amide bonds. The third-order valence-corrected chi connectivity index (χ3v) is 2.95. The van der Waals surface area contributed by atoms with Crippen molar-refractivity contribution in [3.63, 3.8) is 0 Å². The molecule has 2 rings (SSSR count). The van der Waals surface area contributed by atoms with Crippen LogP contribution in [-0.2, 0) is 4.79 Å². The van der Waals surface area contributed by atoms with Crippen molar-refractivity contribution in [1.29, 1.82) is 0 Å². The van der Waals surface area contributed by atoms with Crippen molar-refractivity contribution in [2.45, 2.75) is 25.3 Å². The lowest BCUT2D eigenvalue weighted by Gasteiger charge is -2.31. The summed E-state index contributed by atoms with van der Waals surface area (Å²) in [6.45, 7) is 3.75. The summed E-state index contributed by atoms with van der Waals surface area (Å²) in [6.07, 6.45) is 1.69. The molecule has 78 valence electrons. The summed E-state index contributed by atoms with van der Waals surface area (Å²) in [5.41, 5.74) is -0.647. The Morgan fingerprint density at radius 2 is 2.29 bits per heavy atom. The molecule has 14 heavy (non-hydrogen) atoms. The molecular weight excluding hydrogens is 182 g/mol. The SMILES string of the molecule is CCN1C(=O)NC2(CCCNC2)C1=O. The number of hydrogen-bond donors (Lipinski definition) is 2. The maximum atomic E-state index is 11.9. The average Bonchev–Trinajstić information content (AvgIpc) is 2.40. The van der Waals surface area contributed by atoms with Crippen molar-refractivity contribution in [3.05, 3.63) is 0 Å². The summed E-state index contributed by atoms with van der Waals surface area (Å²) in [5.74, 6) is -0.0720. The van der Waals surface area contributed by atoms with Crippen molar-refractivity contribution in [2.24, 2.45) is 0 Å². The normalized spacial score (nSPS) is 32.5. The fourth-order valence-corrected chi connectivity index (χ4v) is 2.16. The molecule has 1 unspecified atom stereocenters. The monoisotopic (exact) mass is 197 g/mol. The standard InChI is InChI=1S/C9H15N3O2/c1-2-12-7(13)9(11-8(12)14)4-3-5-10-6-9/h10H,2-6H2,1H3,(H,11,14). The van der Waals surface area contributed by atoms with Crippen LogP contribution in [0.25, 0.3) is 0 Å². The lowest BCUT2D eigenvalue weighted by molar-refractivity contribution is -0.131. The van der Waals surface area contributed by atoms with E-state index < -0.39 is 5.54 Å². The third-order valence-electron chi connectivity index (χ3n) is 2.95. The van der Waals surface area contributed by atoms with Gasteiger partial charge in [-0.3, -0.25) is 9.69 Å². The molecule has 0 bridgehead atoms. The molecule has 1 atom stereocenters. The van der Waals surface area contributed by atoms with Crippen LogP contribution in [0.2, 0.25) is 0 Å². The number of likely N-dealkylation sites (N-methyl/N-ethyl adjacent to an activating group) is 1. The van der Waals surface area contributed by atoms with Gasteiger partial charge in [-0.2, -0.15) is 0 Å². The van der Waals surface area contributed by atoms with Crippen LogP contribution in [0.5, 0.6) is 0 Å². The lowest BCUT2D eigenvalue weighted by atomic mass is 9.90. The van der Waals surface area contributed by atoms with E-state index in [0.717, 1.165) is 19.4 Å². The highest BCUT2D eigenvalue weighted by Crippen LogP contribution is 2.24. The molecule has 2 aliphatic rings. The highest BCUT2D eigenvalue weighted by molar-refractivity contribution is 6.07. The second kappa shape index (κ2) is 3.24. The quantitative estimate of drug-likeness (QED) is 0.566. The number of carbonyl (C=O) groups excluding carboxylic acids is 2. The highest BCUT2D eigenvalue weighted by Gasteiger charge is 2.50. The van der Waals surface area contributed by atoms with Crippen LogP contribution >= 0.6 is 0 Å². The molecule has 0 aromatic heterocycles. The van der Waals surface area contributed by atoms with Gasteiger partial charge in [0, 0.05) is 13.1 Å². The number of imide groups is 1. The van der Waals surface area contributed by atoms with E-state index in [-0.39, 0.29) is 11.9 Å². The minimum absolute atomic E-state index is 0.0720. The molecule has 0 aromatic rings. The van der Waals surface area contributed by atoms with E-state index in [1.54, 1.807) is 0 Å². The molecule has 2 N–H and O–H groups in total. The van der Waals surface area contributed by atoms with Gasteiger partial charge in [0.25, 0.3) is 5.91 Å². The first-order valence-corrected chi connectivity index (χ1v) is 5.04. The molecule has 0 aromatic carbocycles. The predicted molar refractivity (Wildman–Crippen MR) is 50.8 cm³/mol. The first-order valence-electron chi connectivity index (χ1n) is 5.04. The van der Waals surface area contributed by atoms with Crippen LogP contribution in [-0.4, -0.2) is 42.0 Å². The Labute approximate surface area is 82.8 Å². The van der Waals surface area contributed by atoms with Gasteiger partial charge < -0.3 is 10.6 Å². The maximum absolute atomic E-state index is 11.9. The van der Waals surface area contributed by atoms with E-state index >= 15 is 0 Å². The first kappa shape index (κ1) is 9.45. The maximum Gasteiger partial charge on any atom is 0.325 e. The topological polar surface area (TPSA) is 61.4 Å². The van der Waals surface area contributed by atoms with Gasteiger partial charge in [0.15, 0.2) is 0 Å². The zero-order valence-corrected chi connectivity index (χ0v) is 8.30. The number of nitrogens with zero attached hydrogens (tertiary/aromatic N) is 1. The molecule has 5 heteroatoms. The number of amides is 3. The number of urea groups is 1. The number of hydrogen-bond acceptors (Lipinski definition) is 3. The minimum Gasteiger partial charge on any atom is -0.322 e. The number of carbonyl (C=O) groups is 2. The second-order valence-corrected chi connectivity index (χ2v) is 3.84. The molecule has 2 heterocycles. The molecular formula is C9H15N3O2. The summed E-state index contributed by atoms with van der Waals surface area (Å²) >= 11 is 0. The van der Waals surface area contributed by atoms with Crippen LogP contribution in [0.3, 0.4) is 0 Å². The zero-order chi connectivity index (χ0) is 10.2. The highest BCUT2D eigenvalue weighted by atomic mass is 16.2. The Kier molecular flexibility index (Phi) is 2.19. The zero-order valence-electron chi connectivity index (χ0n) is 8.30. The van der Waals surface area contributed by atoms with Gasteiger partial charge in [-0.25, -0.2) is 4.79 Å². The summed E-state index contributed by atoms with van der Waals surface area (Å²) in [7, 11) is 0. The summed E-state index contributed by atoms with van der Waals surface area (Å²) in [4.78, 5) is 24.7. The number of nitrogens with one attached hydrogen (secondary N) is 2. The van der Waals surface area contributed by atoms with Gasteiger partial charge in [0.05, 0.1) is 0 Å². The van der Waals surface area contributed by atoms with Crippen molar-refractivity contribution >= 4 is 11.9 Å². The van der Waals surface area contributed by atoms with Gasteiger partial charge in [-0.05, 0) is 26.3 Å². The Hall–Kier alpha value is -1.10. The molecule has 2 fully saturated rings. The van der Waals surface area contributed by atoms with E-state index in [9.17, 15) is 9.59 Å². The Morgan fingerprint density at radius 1 is 1.50 bits per heavy atom. The lowest BCUT2D eigenvalue weighted by Crippen LogP contribution is -2.57. The first-order chi connectivity index (χ1) is 6.69. The second-order valence-electron chi connectivity index (χ2n) is 3.84. The van der Waals surface area contributed by atoms with Gasteiger partial charge in [-0.1, -0.05) is 0 Å². The molecule has 0 radical (unpaired) electrons. The Morgan fingerprint density at radius 3 is 2.79 bits per heavy atom. The van der Waals surface area contributed by atoms with Crippen LogP contribution in [0.1, 0.15) is 19.8 Å². The number of piperidine rings is 1. The van der Waals surface area contributed by atoms with Crippen LogP contribution in [0.4, 0.5) is 4.79 Å². The van der Waals surface area contributed by atoms with Crippen LogP contribution < -0.4 is 10.6 Å². The van der Waals surface area contributed by atoms with E-state index in [4.69, 9.17) is 0 Å². The molecule has 1 spiro atoms. The summed E-state index contributed by atoms with van der Waals surface area (Å²) in [6, 6.07) is -0.249. The summed E-state index contributed by atoms with van der Waals surface area (Å²) in [5, 5.41) is 5.95. The molecule has 0 aliphatic carbocycles. The van der Waals surface area contributed by atoms with E-state index in [0.29, 0.717) is 13.1 Å². The van der Waals surface area contributed by atoms with Gasteiger partial charge in [-0.15, -0.1) is 0 Å². The van der Waals surface area contributed by atoms with Gasteiger partial charge in [0.2, 0.25) is 0 Å². The smallest absolute Gasteiger partial charge is 0.322 e. The molecule has 2 saturated heterocycles. The van der Waals surface area contributed by atoms with Crippen molar-refractivity contribution in [2.75, 3.05) is 19.6 Å². The van der Waals surface area contributed by atoms with E-state index in [1.165, 1.54) is 4.90 Å². The Balaban J connectivity index is 2.21. The molecule has 5 nitrogen and oxygen atoms in total. The van der Waals surface area contributed by atoms with Crippen molar-refractivity contribution in [3.8, 4) is 0 Å². The van der Waals surface area contributed by atoms with E-state index in [2.05, 4.69) is 10.6 Å². The van der Waals surface area contributed by atoms with Crippen molar-refractivity contribution < 1.29 is 9.59 Å². The third kappa shape index (κ3) is 1.19.